The van der Waals surface area contributed by atoms with Crippen molar-refractivity contribution < 1.29 is 23.8 Å². The van der Waals surface area contributed by atoms with Crippen LogP contribution in [0, 0.1) is 5.92 Å². The highest BCUT2D eigenvalue weighted by Crippen LogP contribution is 2.13. The van der Waals surface area contributed by atoms with E-state index < -0.39 is 18.2 Å². The molecule has 0 bridgehead atoms. The second-order valence-corrected chi connectivity index (χ2v) is 3.69. The zero-order valence-electron chi connectivity index (χ0n) is 9.02. The number of carbonyl (C=O) groups is 2. The van der Waals surface area contributed by atoms with Crippen LogP contribution in [-0.4, -0.2) is 31.4 Å². The molecule has 0 aromatic heterocycles. The fourth-order valence-electron chi connectivity index (χ4n) is 1.12. The van der Waals surface area contributed by atoms with E-state index >= 15 is 0 Å². The van der Waals surface area contributed by atoms with Crippen molar-refractivity contribution in [2.75, 3.05) is 13.2 Å². The molecular formula is C10H16O5. The molecule has 1 atom stereocenters. The Balaban J connectivity index is 2.15. The molecule has 0 aromatic rings. The van der Waals surface area contributed by atoms with Crippen LogP contribution in [0.1, 0.15) is 26.7 Å². The number of esters is 2. The fourth-order valence-corrected chi connectivity index (χ4v) is 1.12. The number of carbonyl (C=O) groups excluding carboxylic acids is 2. The van der Waals surface area contributed by atoms with Crippen LogP contribution in [0.25, 0.3) is 0 Å². The summed E-state index contributed by atoms with van der Waals surface area (Å²) in [5.74, 6) is -1.20. The van der Waals surface area contributed by atoms with Gasteiger partial charge in [-0.15, -0.1) is 0 Å². The van der Waals surface area contributed by atoms with E-state index in [1.165, 1.54) is 0 Å². The Morgan fingerprint density at radius 1 is 1.47 bits per heavy atom. The van der Waals surface area contributed by atoms with Gasteiger partial charge in [-0.05, 0) is 6.42 Å². The minimum Gasteiger partial charge on any atom is -0.453 e. The second kappa shape index (κ2) is 5.70. The van der Waals surface area contributed by atoms with Crippen LogP contribution in [0.15, 0.2) is 0 Å². The lowest BCUT2D eigenvalue weighted by Gasteiger charge is -2.11. The molecule has 5 heteroatoms. The Morgan fingerprint density at radius 3 is 2.73 bits per heavy atom. The van der Waals surface area contributed by atoms with Gasteiger partial charge >= 0.3 is 11.9 Å². The first-order valence-electron chi connectivity index (χ1n) is 5.07. The van der Waals surface area contributed by atoms with Gasteiger partial charge in [-0.2, -0.15) is 0 Å². The molecule has 1 unspecified atom stereocenters. The quantitative estimate of drug-likeness (QED) is 0.652. The molecule has 0 radical (unpaired) electrons. The smallest absolute Gasteiger partial charge is 0.346 e. The molecule has 0 aliphatic carbocycles. The molecular weight excluding hydrogens is 200 g/mol. The van der Waals surface area contributed by atoms with E-state index in [4.69, 9.17) is 14.2 Å². The number of rotatable bonds is 4. The molecule has 0 aromatic carbocycles. The van der Waals surface area contributed by atoms with Gasteiger partial charge in [0.1, 0.15) is 0 Å². The first-order chi connectivity index (χ1) is 7.09. The third-order valence-corrected chi connectivity index (χ3v) is 1.95. The van der Waals surface area contributed by atoms with Crippen molar-refractivity contribution in [2.24, 2.45) is 5.92 Å². The maximum Gasteiger partial charge on any atom is 0.346 e. The Kier molecular flexibility index (Phi) is 4.55. The molecule has 0 saturated carbocycles. The summed E-state index contributed by atoms with van der Waals surface area (Å²) in [5.41, 5.74) is 0. The highest BCUT2D eigenvalue weighted by atomic mass is 16.7. The van der Waals surface area contributed by atoms with Gasteiger partial charge in [-0.25, -0.2) is 4.79 Å². The monoisotopic (exact) mass is 216 g/mol. The summed E-state index contributed by atoms with van der Waals surface area (Å²) >= 11 is 0. The molecule has 86 valence electrons. The third kappa shape index (κ3) is 4.29. The van der Waals surface area contributed by atoms with Crippen molar-refractivity contribution in [3.63, 3.8) is 0 Å². The van der Waals surface area contributed by atoms with Gasteiger partial charge in [0.15, 0.2) is 6.61 Å². The van der Waals surface area contributed by atoms with Gasteiger partial charge in [0, 0.05) is 6.42 Å². The Hall–Kier alpha value is -1.10. The standard InChI is InChI=1S/C10H16O5/c1-7(2)10(12)14-6-8(11)15-9-4-3-5-13-9/h7,9H,3-6H2,1-2H3. The molecule has 1 fully saturated rings. The fraction of sp³-hybridized carbons (Fsp3) is 0.800. The van der Waals surface area contributed by atoms with Crippen molar-refractivity contribution in [1.82, 2.24) is 0 Å². The van der Waals surface area contributed by atoms with E-state index in [1.54, 1.807) is 13.8 Å². The normalized spacial score (nSPS) is 20.3. The average molecular weight is 216 g/mol. The molecule has 15 heavy (non-hydrogen) atoms. The van der Waals surface area contributed by atoms with E-state index in [9.17, 15) is 9.59 Å². The summed E-state index contributed by atoms with van der Waals surface area (Å²) in [5, 5.41) is 0. The van der Waals surface area contributed by atoms with Crippen molar-refractivity contribution in [3.8, 4) is 0 Å². The van der Waals surface area contributed by atoms with Crippen LogP contribution in [-0.2, 0) is 23.8 Å². The minimum absolute atomic E-state index is 0.236. The lowest BCUT2D eigenvalue weighted by atomic mass is 10.2. The molecule has 5 nitrogen and oxygen atoms in total. The number of hydrogen-bond donors (Lipinski definition) is 0. The zero-order valence-corrected chi connectivity index (χ0v) is 9.02. The van der Waals surface area contributed by atoms with Crippen LogP contribution < -0.4 is 0 Å². The van der Waals surface area contributed by atoms with Crippen molar-refractivity contribution in [1.29, 1.82) is 0 Å². The van der Waals surface area contributed by atoms with E-state index in [2.05, 4.69) is 0 Å². The topological polar surface area (TPSA) is 61.8 Å². The summed E-state index contributed by atoms with van der Waals surface area (Å²) in [6.07, 6.45) is 1.14. The van der Waals surface area contributed by atoms with Crippen LogP contribution >= 0.6 is 0 Å². The molecule has 1 rings (SSSR count). The van der Waals surface area contributed by atoms with Gasteiger partial charge in [0.05, 0.1) is 12.5 Å². The molecule has 1 aliphatic heterocycles. The predicted octanol–water partition coefficient (Wildman–Crippen LogP) is 0.865. The predicted molar refractivity (Wildman–Crippen MR) is 50.9 cm³/mol. The second-order valence-electron chi connectivity index (χ2n) is 3.69. The van der Waals surface area contributed by atoms with Gasteiger partial charge in [0.2, 0.25) is 6.29 Å². The van der Waals surface area contributed by atoms with Crippen molar-refractivity contribution in [3.05, 3.63) is 0 Å². The summed E-state index contributed by atoms with van der Waals surface area (Å²) in [4.78, 5) is 22.2. The highest BCUT2D eigenvalue weighted by molar-refractivity contribution is 5.77. The Labute approximate surface area is 88.7 Å². The Bertz CT molecular complexity index is 230. The summed E-state index contributed by atoms with van der Waals surface area (Å²) in [6, 6.07) is 0. The summed E-state index contributed by atoms with van der Waals surface area (Å²) in [6.45, 7) is 3.68. The maximum absolute atomic E-state index is 11.1. The average Bonchev–Trinajstić information content (AvgIpc) is 2.66. The molecule has 0 amide bonds. The molecule has 0 N–H and O–H groups in total. The molecule has 1 saturated heterocycles. The van der Waals surface area contributed by atoms with Gasteiger partial charge < -0.3 is 14.2 Å². The molecule has 1 aliphatic rings. The number of hydrogen-bond acceptors (Lipinski definition) is 5. The van der Waals surface area contributed by atoms with Crippen LogP contribution in [0.4, 0.5) is 0 Å². The first-order valence-corrected chi connectivity index (χ1v) is 5.07. The molecule has 0 spiro atoms. The maximum atomic E-state index is 11.1. The van der Waals surface area contributed by atoms with E-state index in [-0.39, 0.29) is 12.5 Å². The Morgan fingerprint density at radius 2 is 2.20 bits per heavy atom. The van der Waals surface area contributed by atoms with Gasteiger partial charge in [-0.3, -0.25) is 4.79 Å². The lowest BCUT2D eigenvalue weighted by Crippen LogP contribution is -2.23. The highest BCUT2D eigenvalue weighted by Gasteiger charge is 2.20. The van der Waals surface area contributed by atoms with Crippen LogP contribution in [0.2, 0.25) is 0 Å². The van der Waals surface area contributed by atoms with E-state index in [0.717, 1.165) is 6.42 Å². The zero-order chi connectivity index (χ0) is 11.3. The van der Waals surface area contributed by atoms with Gasteiger partial charge in [0.25, 0.3) is 0 Å². The minimum atomic E-state index is -0.559. The van der Waals surface area contributed by atoms with E-state index in [0.29, 0.717) is 13.0 Å². The summed E-state index contributed by atoms with van der Waals surface area (Å²) in [7, 11) is 0. The lowest BCUT2D eigenvalue weighted by molar-refractivity contribution is -0.178. The van der Waals surface area contributed by atoms with E-state index in [1.807, 2.05) is 0 Å². The summed E-state index contributed by atoms with van der Waals surface area (Å²) < 4.78 is 14.7. The van der Waals surface area contributed by atoms with Crippen LogP contribution in [0.3, 0.4) is 0 Å². The van der Waals surface area contributed by atoms with Crippen molar-refractivity contribution in [2.45, 2.75) is 33.0 Å². The van der Waals surface area contributed by atoms with Crippen LogP contribution in [0.5, 0.6) is 0 Å². The SMILES string of the molecule is CC(C)C(=O)OCC(=O)OC1CCCO1. The van der Waals surface area contributed by atoms with Gasteiger partial charge in [-0.1, -0.05) is 13.8 Å². The molecule has 1 heterocycles. The number of ether oxygens (including phenoxy) is 3. The largest absolute Gasteiger partial charge is 0.453 e. The third-order valence-electron chi connectivity index (χ3n) is 1.95. The van der Waals surface area contributed by atoms with Crippen molar-refractivity contribution >= 4 is 11.9 Å². The first kappa shape index (κ1) is 12.0.